The third-order valence-electron chi connectivity index (χ3n) is 3.38. The molecule has 1 atom stereocenters. The van der Waals surface area contributed by atoms with Crippen molar-refractivity contribution in [3.05, 3.63) is 53.4 Å². The highest BCUT2D eigenvalue weighted by atomic mass is 19.2. The van der Waals surface area contributed by atoms with Crippen LogP contribution in [0.5, 0.6) is 0 Å². The van der Waals surface area contributed by atoms with Crippen molar-refractivity contribution >= 4 is 0 Å². The van der Waals surface area contributed by atoms with Gasteiger partial charge in [-0.15, -0.1) is 0 Å². The van der Waals surface area contributed by atoms with Gasteiger partial charge < -0.3 is 5.32 Å². The Morgan fingerprint density at radius 1 is 1.24 bits per heavy atom. The normalized spacial score (nSPS) is 13.4. The molecule has 5 heteroatoms. The summed E-state index contributed by atoms with van der Waals surface area (Å²) in [5, 5.41) is 7.62. The van der Waals surface area contributed by atoms with E-state index in [4.69, 9.17) is 0 Å². The van der Waals surface area contributed by atoms with E-state index in [1.807, 2.05) is 24.0 Å². The highest BCUT2D eigenvalue weighted by Gasteiger charge is 2.14. The van der Waals surface area contributed by atoms with Crippen LogP contribution in [0.4, 0.5) is 8.78 Å². The first-order valence-corrected chi connectivity index (χ1v) is 7.00. The van der Waals surface area contributed by atoms with Crippen LogP contribution in [-0.2, 0) is 12.1 Å². The summed E-state index contributed by atoms with van der Waals surface area (Å²) >= 11 is 0. The lowest BCUT2D eigenvalue weighted by Gasteiger charge is -2.18. The third kappa shape index (κ3) is 3.88. The van der Waals surface area contributed by atoms with Crippen LogP contribution in [-0.4, -0.2) is 9.78 Å². The molecule has 0 aliphatic rings. The fourth-order valence-corrected chi connectivity index (χ4v) is 1.99. The minimum atomic E-state index is -0.822. The van der Waals surface area contributed by atoms with Gasteiger partial charge in [0.25, 0.3) is 0 Å². The number of benzene rings is 1. The Kier molecular flexibility index (Phi) is 4.42. The summed E-state index contributed by atoms with van der Waals surface area (Å²) < 4.78 is 28.1. The first-order valence-electron chi connectivity index (χ1n) is 7.00. The first kappa shape index (κ1) is 15.6. The van der Waals surface area contributed by atoms with Crippen LogP contribution < -0.4 is 5.32 Å². The second-order valence-corrected chi connectivity index (χ2v) is 6.24. The lowest BCUT2D eigenvalue weighted by atomic mass is 10.1. The molecule has 21 heavy (non-hydrogen) atoms. The molecular formula is C16H21F2N3. The lowest BCUT2D eigenvalue weighted by Crippen LogP contribution is -2.22. The van der Waals surface area contributed by atoms with E-state index in [-0.39, 0.29) is 11.6 Å². The molecular weight excluding hydrogens is 272 g/mol. The summed E-state index contributed by atoms with van der Waals surface area (Å²) in [4.78, 5) is 0. The molecule has 1 heterocycles. The van der Waals surface area contributed by atoms with Gasteiger partial charge in [0, 0.05) is 24.3 Å². The number of rotatable bonds is 4. The maximum absolute atomic E-state index is 13.2. The van der Waals surface area contributed by atoms with E-state index < -0.39 is 11.6 Å². The lowest BCUT2D eigenvalue weighted by molar-refractivity contribution is 0.355. The van der Waals surface area contributed by atoms with E-state index in [0.29, 0.717) is 6.54 Å². The molecule has 0 aliphatic carbocycles. The number of aromatic nitrogens is 2. The summed E-state index contributed by atoms with van der Waals surface area (Å²) in [5.41, 5.74) is 1.72. The predicted octanol–water partition coefficient (Wildman–Crippen LogP) is 3.77. The van der Waals surface area contributed by atoms with Gasteiger partial charge in [0.1, 0.15) is 0 Å². The second-order valence-electron chi connectivity index (χ2n) is 6.24. The summed E-state index contributed by atoms with van der Waals surface area (Å²) in [5.74, 6) is -1.64. The van der Waals surface area contributed by atoms with Gasteiger partial charge in [-0.05, 0) is 45.4 Å². The molecule has 3 nitrogen and oxygen atoms in total. The zero-order chi connectivity index (χ0) is 15.6. The van der Waals surface area contributed by atoms with Gasteiger partial charge in [-0.25, -0.2) is 8.78 Å². The number of halogens is 2. The topological polar surface area (TPSA) is 29.9 Å². The Balaban J connectivity index is 1.99. The molecule has 0 saturated heterocycles. The predicted molar refractivity (Wildman–Crippen MR) is 78.8 cm³/mol. The van der Waals surface area contributed by atoms with Crippen LogP contribution in [0, 0.1) is 11.6 Å². The van der Waals surface area contributed by atoms with E-state index in [9.17, 15) is 8.78 Å². The van der Waals surface area contributed by atoms with Gasteiger partial charge in [-0.2, -0.15) is 5.10 Å². The molecule has 0 fully saturated rings. The van der Waals surface area contributed by atoms with Gasteiger partial charge >= 0.3 is 0 Å². The number of nitrogens with one attached hydrogen (secondary N) is 1. The number of hydrogen-bond acceptors (Lipinski definition) is 2. The highest BCUT2D eigenvalue weighted by Crippen LogP contribution is 2.17. The molecule has 0 aliphatic heterocycles. The Morgan fingerprint density at radius 2 is 1.95 bits per heavy atom. The van der Waals surface area contributed by atoms with Gasteiger partial charge in [0.15, 0.2) is 11.6 Å². The van der Waals surface area contributed by atoms with Gasteiger partial charge in [-0.3, -0.25) is 4.68 Å². The third-order valence-corrected chi connectivity index (χ3v) is 3.38. The Bertz CT molecular complexity index is 614. The largest absolute Gasteiger partial charge is 0.306 e. The van der Waals surface area contributed by atoms with Crippen LogP contribution in [0.2, 0.25) is 0 Å². The molecule has 0 spiro atoms. The molecule has 114 valence electrons. The Labute approximate surface area is 124 Å². The molecule has 0 amide bonds. The van der Waals surface area contributed by atoms with Crippen LogP contribution >= 0.6 is 0 Å². The molecule has 0 saturated carbocycles. The second kappa shape index (κ2) is 5.93. The van der Waals surface area contributed by atoms with Crippen molar-refractivity contribution in [2.24, 2.45) is 0 Å². The summed E-state index contributed by atoms with van der Waals surface area (Å²) in [7, 11) is 0. The SMILES string of the molecule is C[C@H](NCc1cnn(C(C)(C)C)c1)c1ccc(F)c(F)c1. The average Bonchev–Trinajstić information content (AvgIpc) is 2.88. The van der Waals surface area contributed by atoms with Crippen LogP contribution in [0.15, 0.2) is 30.6 Å². The maximum Gasteiger partial charge on any atom is 0.159 e. The van der Waals surface area contributed by atoms with E-state index >= 15 is 0 Å². The van der Waals surface area contributed by atoms with E-state index in [2.05, 4.69) is 31.2 Å². The van der Waals surface area contributed by atoms with E-state index in [0.717, 1.165) is 17.2 Å². The number of nitrogens with zero attached hydrogens (tertiary/aromatic N) is 2. The summed E-state index contributed by atoms with van der Waals surface area (Å²) in [6.07, 6.45) is 3.81. The van der Waals surface area contributed by atoms with Crippen LogP contribution in [0.25, 0.3) is 0 Å². The van der Waals surface area contributed by atoms with Crippen molar-refractivity contribution in [1.82, 2.24) is 15.1 Å². The zero-order valence-electron chi connectivity index (χ0n) is 12.8. The Morgan fingerprint density at radius 3 is 2.52 bits per heavy atom. The zero-order valence-corrected chi connectivity index (χ0v) is 12.8. The highest BCUT2D eigenvalue weighted by molar-refractivity contribution is 5.21. The fourth-order valence-electron chi connectivity index (χ4n) is 1.99. The maximum atomic E-state index is 13.2. The first-order chi connectivity index (χ1) is 9.77. The van der Waals surface area contributed by atoms with Gasteiger partial charge in [0.05, 0.1) is 11.7 Å². The Hall–Kier alpha value is -1.75. The smallest absolute Gasteiger partial charge is 0.159 e. The van der Waals surface area contributed by atoms with Crippen molar-refractivity contribution in [1.29, 1.82) is 0 Å². The van der Waals surface area contributed by atoms with Crippen molar-refractivity contribution in [3.8, 4) is 0 Å². The van der Waals surface area contributed by atoms with Crippen LogP contribution in [0.1, 0.15) is 44.9 Å². The average molecular weight is 293 g/mol. The van der Waals surface area contributed by atoms with Gasteiger partial charge in [0.2, 0.25) is 0 Å². The van der Waals surface area contributed by atoms with Crippen molar-refractivity contribution < 1.29 is 8.78 Å². The molecule has 0 unspecified atom stereocenters. The molecule has 2 aromatic rings. The van der Waals surface area contributed by atoms with Crippen LogP contribution in [0.3, 0.4) is 0 Å². The van der Waals surface area contributed by atoms with Crippen molar-refractivity contribution in [2.75, 3.05) is 0 Å². The minimum absolute atomic E-state index is 0.0516. The standard InChI is InChI=1S/C16H21F2N3/c1-11(13-5-6-14(17)15(18)7-13)19-8-12-9-20-21(10-12)16(2,3)4/h5-7,9-11,19H,8H2,1-4H3/t11-/m0/s1. The van der Waals surface area contributed by atoms with Gasteiger partial charge in [-0.1, -0.05) is 6.07 Å². The fraction of sp³-hybridized carbons (Fsp3) is 0.438. The molecule has 1 aromatic carbocycles. The number of hydrogen-bond donors (Lipinski definition) is 1. The van der Waals surface area contributed by atoms with Crippen molar-refractivity contribution in [3.63, 3.8) is 0 Å². The monoisotopic (exact) mass is 293 g/mol. The molecule has 1 N–H and O–H groups in total. The van der Waals surface area contributed by atoms with Crippen molar-refractivity contribution in [2.45, 2.75) is 45.8 Å². The molecule has 0 radical (unpaired) electrons. The minimum Gasteiger partial charge on any atom is -0.306 e. The molecule has 0 bridgehead atoms. The van der Waals surface area contributed by atoms with E-state index in [1.165, 1.54) is 6.07 Å². The molecule has 2 rings (SSSR count). The van der Waals surface area contributed by atoms with E-state index in [1.54, 1.807) is 6.07 Å². The summed E-state index contributed by atoms with van der Waals surface area (Å²) in [6, 6.07) is 3.90. The summed E-state index contributed by atoms with van der Waals surface area (Å²) in [6.45, 7) is 8.79. The molecule has 1 aromatic heterocycles. The quantitative estimate of drug-likeness (QED) is 0.930.